The summed E-state index contributed by atoms with van der Waals surface area (Å²) < 4.78 is 0. The summed E-state index contributed by atoms with van der Waals surface area (Å²) in [5, 5.41) is 9.47. The SMILES string of the molecule is Cc1ccc(N=C=O)c(N=C=O)c1O. The van der Waals surface area contributed by atoms with E-state index in [1.165, 1.54) is 18.2 Å². The lowest BCUT2D eigenvalue weighted by Gasteiger charge is -2.02. The van der Waals surface area contributed by atoms with Crippen LogP contribution < -0.4 is 0 Å². The van der Waals surface area contributed by atoms with Gasteiger partial charge in [-0.3, -0.25) is 0 Å². The summed E-state index contributed by atoms with van der Waals surface area (Å²) >= 11 is 0. The first-order valence-corrected chi connectivity index (χ1v) is 3.69. The van der Waals surface area contributed by atoms with Crippen LogP contribution in [0.2, 0.25) is 0 Å². The van der Waals surface area contributed by atoms with Gasteiger partial charge in [-0.25, -0.2) is 9.59 Å². The van der Waals surface area contributed by atoms with Crippen LogP contribution in [-0.2, 0) is 9.59 Å². The Morgan fingerprint density at radius 2 is 1.86 bits per heavy atom. The van der Waals surface area contributed by atoms with Crippen LogP contribution in [0.15, 0.2) is 22.1 Å². The Bertz CT molecular complexity index is 455. The van der Waals surface area contributed by atoms with Crippen LogP contribution in [0, 0.1) is 6.92 Å². The number of benzene rings is 1. The highest BCUT2D eigenvalue weighted by Crippen LogP contribution is 2.38. The van der Waals surface area contributed by atoms with Crippen LogP contribution in [0.25, 0.3) is 0 Å². The zero-order valence-corrected chi connectivity index (χ0v) is 7.31. The Morgan fingerprint density at radius 1 is 1.21 bits per heavy atom. The molecule has 0 fully saturated rings. The molecule has 0 heterocycles. The number of aryl methyl sites for hydroxylation is 1. The molecule has 0 atom stereocenters. The third-order valence-corrected chi connectivity index (χ3v) is 1.66. The predicted octanol–water partition coefficient (Wildman–Crippen LogP) is 1.64. The van der Waals surface area contributed by atoms with E-state index in [1.54, 1.807) is 13.0 Å². The van der Waals surface area contributed by atoms with Gasteiger partial charge in [-0.15, -0.1) is 0 Å². The first kappa shape index (κ1) is 9.86. The molecule has 5 nitrogen and oxygen atoms in total. The largest absolute Gasteiger partial charge is 0.505 e. The maximum absolute atomic E-state index is 10.1. The lowest BCUT2D eigenvalue weighted by molar-refractivity contribution is 0.472. The average molecular weight is 190 g/mol. The summed E-state index contributed by atoms with van der Waals surface area (Å²) in [5.74, 6) is -0.190. The lowest BCUT2D eigenvalue weighted by atomic mass is 10.1. The monoisotopic (exact) mass is 190 g/mol. The molecule has 0 bridgehead atoms. The quantitative estimate of drug-likeness (QED) is 0.568. The summed E-state index contributed by atoms with van der Waals surface area (Å²) in [4.78, 5) is 26.6. The number of isocyanates is 2. The second kappa shape index (κ2) is 4.14. The van der Waals surface area contributed by atoms with Crippen LogP contribution in [0.5, 0.6) is 5.75 Å². The maximum Gasteiger partial charge on any atom is 0.240 e. The van der Waals surface area contributed by atoms with Crippen molar-refractivity contribution in [3.63, 3.8) is 0 Å². The second-order valence-corrected chi connectivity index (χ2v) is 2.50. The van der Waals surface area contributed by atoms with E-state index in [1.807, 2.05) is 0 Å². The molecule has 0 amide bonds. The van der Waals surface area contributed by atoms with Gasteiger partial charge in [0.2, 0.25) is 12.2 Å². The van der Waals surface area contributed by atoms with Gasteiger partial charge in [0, 0.05) is 0 Å². The highest BCUT2D eigenvalue weighted by molar-refractivity contribution is 5.75. The molecule has 0 saturated heterocycles. The van der Waals surface area contributed by atoms with E-state index in [0.717, 1.165) is 0 Å². The molecule has 0 aromatic heterocycles. The van der Waals surface area contributed by atoms with Crippen molar-refractivity contribution in [1.29, 1.82) is 0 Å². The number of rotatable bonds is 2. The smallest absolute Gasteiger partial charge is 0.240 e. The van der Waals surface area contributed by atoms with E-state index in [9.17, 15) is 14.7 Å². The molecule has 0 radical (unpaired) electrons. The highest BCUT2D eigenvalue weighted by Gasteiger charge is 2.08. The fourth-order valence-corrected chi connectivity index (χ4v) is 0.965. The number of nitrogens with zero attached hydrogens (tertiary/aromatic N) is 2. The lowest BCUT2D eigenvalue weighted by Crippen LogP contribution is -1.76. The van der Waals surface area contributed by atoms with Crippen LogP contribution >= 0.6 is 0 Å². The topological polar surface area (TPSA) is 79.1 Å². The van der Waals surface area contributed by atoms with Gasteiger partial charge in [-0.05, 0) is 18.6 Å². The zero-order valence-electron chi connectivity index (χ0n) is 7.31. The third-order valence-electron chi connectivity index (χ3n) is 1.66. The molecule has 14 heavy (non-hydrogen) atoms. The van der Waals surface area contributed by atoms with Gasteiger partial charge in [-0.1, -0.05) is 6.07 Å². The fraction of sp³-hybridized carbons (Fsp3) is 0.111. The van der Waals surface area contributed by atoms with Gasteiger partial charge in [0.1, 0.15) is 17.1 Å². The van der Waals surface area contributed by atoms with Crippen LogP contribution in [0.1, 0.15) is 5.56 Å². The number of phenols is 1. The number of carbonyl (C=O) groups excluding carboxylic acids is 2. The van der Waals surface area contributed by atoms with E-state index >= 15 is 0 Å². The molecule has 5 heteroatoms. The van der Waals surface area contributed by atoms with Crippen molar-refractivity contribution in [2.45, 2.75) is 6.92 Å². The number of phenolic OH excluding ortho intramolecular Hbond substituents is 1. The molecule has 1 N–H and O–H groups in total. The molecule has 70 valence electrons. The number of aliphatic imine (C=N–C) groups is 2. The van der Waals surface area contributed by atoms with E-state index in [-0.39, 0.29) is 17.1 Å². The number of hydrogen-bond donors (Lipinski definition) is 1. The van der Waals surface area contributed by atoms with Gasteiger partial charge in [0.05, 0.1) is 0 Å². The van der Waals surface area contributed by atoms with Gasteiger partial charge >= 0.3 is 0 Å². The summed E-state index contributed by atoms with van der Waals surface area (Å²) in [5.41, 5.74) is 0.554. The van der Waals surface area contributed by atoms with Gasteiger partial charge in [-0.2, -0.15) is 9.98 Å². The van der Waals surface area contributed by atoms with Crippen molar-refractivity contribution in [2.75, 3.05) is 0 Å². The normalized spacial score (nSPS) is 8.64. The fourth-order valence-electron chi connectivity index (χ4n) is 0.965. The Kier molecular flexibility index (Phi) is 2.92. The van der Waals surface area contributed by atoms with E-state index < -0.39 is 0 Å². The minimum atomic E-state index is -0.190. The highest BCUT2D eigenvalue weighted by atomic mass is 16.3. The third kappa shape index (κ3) is 1.75. The van der Waals surface area contributed by atoms with Crippen molar-refractivity contribution in [3.05, 3.63) is 17.7 Å². The van der Waals surface area contributed by atoms with E-state index in [4.69, 9.17) is 0 Å². The molecule has 0 saturated carbocycles. The van der Waals surface area contributed by atoms with Crippen molar-refractivity contribution in [1.82, 2.24) is 0 Å². The molecule has 0 unspecified atom stereocenters. The standard InChI is InChI=1S/C9H6N2O3/c1-6-2-3-7(10-4-12)8(9(6)14)11-5-13/h2-3,14H,1H3. The van der Waals surface area contributed by atoms with Crippen LogP contribution in [0.4, 0.5) is 11.4 Å². The van der Waals surface area contributed by atoms with Gasteiger partial charge < -0.3 is 5.11 Å². The van der Waals surface area contributed by atoms with Gasteiger partial charge in [0.25, 0.3) is 0 Å². The molecule has 1 aromatic carbocycles. The Hall–Kier alpha value is -2.22. The molecule has 0 aliphatic carbocycles. The van der Waals surface area contributed by atoms with Crippen molar-refractivity contribution in [3.8, 4) is 5.75 Å². The molecule has 0 aliphatic heterocycles. The second-order valence-electron chi connectivity index (χ2n) is 2.50. The van der Waals surface area contributed by atoms with Crippen LogP contribution in [0.3, 0.4) is 0 Å². The zero-order chi connectivity index (χ0) is 10.6. The van der Waals surface area contributed by atoms with Crippen molar-refractivity contribution < 1.29 is 14.7 Å². The molecular formula is C9H6N2O3. The Morgan fingerprint density at radius 3 is 2.43 bits per heavy atom. The Balaban J connectivity index is 3.51. The number of aromatic hydroxyl groups is 1. The summed E-state index contributed by atoms with van der Waals surface area (Å²) in [6.07, 6.45) is 2.58. The summed E-state index contributed by atoms with van der Waals surface area (Å²) in [6.45, 7) is 1.63. The molecule has 1 aromatic rings. The first-order valence-electron chi connectivity index (χ1n) is 3.69. The minimum absolute atomic E-state index is 0.0663. The Labute approximate surface area is 79.4 Å². The van der Waals surface area contributed by atoms with Gasteiger partial charge in [0.15, 0.2) is 0 Å². The first-order chi connectivity index (χ1) is 6.70. The molecule has 0 spiro atoms. The van der Waals surface area contributed by atoms with Crippen molar-refractivity contribution in [2.24, 2.45) is 9.98 Å². The van der Waals surface area contributed by atoms with E-state index in [0.29, 0.717) is 5.56 Å². The summed E-state index contributed by atoms with van der Waals surface area (Å²) in [6, 6.07) is 3.01. The maximum atomic E-state index is 10.1. The molecular weight excluding hydrogens is 184 g/mol. The predicted molar refractivity (Wildman–Crippen MR) is 48.4 cm³/mol. The molecule has 1 rings (SSSR count). The van der Waals surface area contributed by atoms with Crippen LogP contribution in [-0.4, -0.2) is 17.3 Å². The summed E-state index contributed by atoms with van der Waals surface area (Å²) in [7, 11) is 0. The number of hydrogen-bond acceptors (Lipinski definition) is 5. The van der Waals surface area contributed by atoms with Crippen molar-refractivity contribution >= 4 is 23.5 Å². The molecule has 0 aliphatic rings. The minimum Gasteiger partial charge on any atom is -0.505 e. The van der Waals surface area contributed by atoms with E-state index in [2.05, 4.69) is 9.98 Å². The average Bonchev–Trinajstić information content (AvgIpc) is 2.18.